The first-order chi connectivity index (χ1) is 10.4. The molecule has 1 N–H and O–H groups in total. The number of benzene rings is 1. The second kappa shape index (κ2) is 5.58. The van der Waals surface area contributed by atoms with E-state index < -0.39 is 0 Å². The van der Waals surface area contributed by atoms with Crippen molar-refractivity contribution in [1.82, 2.24) is 15.5 Å². The molecule has 1 aliphatic carbocycles. The maximum atomic E-state index is 5.85. The number of fused-ring (bicyclic) bond motifs is 1. The van der Waals surface area contributed by atoms with Gasteiger partial charge in [-0.05, 0) is 43.5 Å². The van der Waals surface area contributed by atoms with Crippen molar-refractivity contribution in [2.75, 3.05) is 13.1 Å². The highest BCUT2D eigenvalue weighted by atomic mass is 16.5. The van der Waals surface area contributed by atoms with Crippen LogP contribution < -0.4 is 5.32 Å². The van der Waals surface area contributed by atoms with E-state index in [2.05, 4.69) is 39.7 Å². The fourth-order valence-corrected chi connectivity index (χ4v) is 3.11. The van der Waals surface area contributed by atoms with E-state index in [0.29, 0.717) is 18.6 Å². The van der Waals surface area contributed by atoms with Gasteiger partial charge in [-0.2, -0.15) is 4.98 Å². The summed E-state index contributed by atoms with van der Waals surface area (Å²) in [4.78, 5) is 4.50. The Kier molecular flexibility index (Phi) is 3.45. The van der Waals surface area contributed by atoms with Gasteiger partial charge in [-0.1, -0.05) is 29.4 Å². The van der Waals surface area contributed by atoms with Crippen molar-refractivity contribution in [3.05, 3.63) is 47.1 Å². The summed E-state index contributed by atoms with van der Waals surface area (Å²) in [7, 11) is 0. The smallest absolute Gasteiger partial charge is 0.252 e. The van der Waals surface area contributed by atoms with Crippen LogP contribution in [0.4, 0.5) is 0 Å². The maximum Gasteiger partial charge on any atom is 0.252 e. The number of piperidine rings is 1. The lowest BCUT2D eigenvalue weighted by Gasteiger charge is -2.27. The zero-order chi connectivity index (χ0) is 14.1. The van der Waals surface area contributed by atoms with Gasteiger partial charge in [0, 0.05) is 0 Å². The van der Waals surface area contributed by atoms with Gasteiger partial charge >= 0.3 is 0 Å². The minimum atomic E-state index is 0.289. The molecule has 1 aromatic carbocycles. The highest BCUT2D eigenvalue weighted by Crippen LogP contribution is 2.38. The second-order valence-electron chi connectivity index (χ2n) is 5.76. The van der Waals surface area contributed by atoms with E-state index >= 15 is 0 Å². The summed E-state index contributed by atoms with van der Waals surface area (Å²) >= 11 is 0. The predicted octanol–water partition coefficient (Wildman–Crippen LogP) is 2.03. The van der Waals surface area contributed by atoms with Gasteiger partial charge in [0.2, 0.25) is 0 Å². The minimum Gasteiger partial charge on any atom is -0.368 e. The van der Waals surface area contributed by atoms with Gasteiger partial charge in [0.25, 0.3) is 5.89 Å². The van der Waals surface area contributed by atoms with Crippen molar-refractivity contribution >= 4 is 0 Å². The number of nitrogens with zero attached hydrogens (tertiary/aromatic N) is 2. The lowest BCUT2D eigenvalue weighted by Crippen LogP contribution is -2.32. The van der Waals surface area contributed by atoms with Crippen LogP contribution in [0.1, 0.15) is 41.6 Å². The van der Waals surface area contributed by atoms with Gasteiger partial charge in [0.15, 0.2) is 5.82 Å². The molecule has 1 unspecified atom stereocenters. The van der Waals surface area contributed by atoms with Gasteiger partial charge in [0.05, 0.1) is 12.0 Å². The summed E-state index contributed by atoms with van der Waals surface area (Å²) in [5.41, 5.74) is 2.71. The summed E-state index contributed by atoms with van der Waals surface area (Å²) in [6.07, 6.45) is 3.42. The van der Waals surface area contributed by atoms with E-state index in [9.17, 15) is 0 Å². The number of hydrogen-bond acceptors (Lipinski definition) is 5. The Morgan fingerprint density at radius 2 is 2.10 bits per heavy atom. The van der Waals surface area contributed by atoms with Crippen LogP contribution in [-0.2, 0) is 17.8 Å². The average molecular weight is 285 g/mol. The first-order valence-corrected chi connectivity index (χ1v) is 7.63. The first kappa shape index (κ1) is 13.0. The molecule has 2 aromatic rings. The quantitative estimate of drug-likeness (QED) is 0.931. The molecule has 0 bridgehead atoms. The second-order valence-corrected chi connectivity index (χ2v) is 5.76. The highest BCUT2D eigenvalue weighted by Gasteiger charge is 2.31. The molecule has 5 heteroatoms. The van der Waals surface area contributed by atoms with Crippen LogP contribution in [0.3, 0.4) is 0 Å². The van der Waals surface area contributed by atoms with Crippen molar-refractivity contribution in [3.63, 3.8) is 0 Å². The molecule has 21 heavy (non-hydrogen) atoms. The normalized spacial score (nSPS) is 21.8. The number of hydrogen-bond donors (Lipinski definition) is 1. The van der Waals surface area contributed by atoms with E-state index in [1.165, 1.54) is 11.1 Å². The van der Waals surface area contributed by atoms with Crippen molar-refractivity contribution in [3.8, 4) is 0 Å². The lowest BCUT2D eigenvalue weighted by molar-refractivity contribution is 0.00859. The van der Waals surface area contributed by atoms with Crippen molar-refractivity contribution in [2.45, 2.75) is 37.9 Å². The molecule has 110 valence electrons. The summed E-state index contributed by atoms with van der Waals surface area (Å²) in [5.74, 6) is 1.67. The van der Waals surface area contributed by atoms with Crippen LogP contribution >= 0.6 is 0 Å². The molecular weight excluding hydrogens is 266 g/mol. The van der Waals surface area contributed by atoms with Crippen LogP contribution in [0.2, 0.25) is 0 Å². The molecule has 0 saturated carbocycles. The van der Waals surface area contributed by atoms with Gasteiger partial charge in [-0.25, -0.2) is 0 Å². The zero-order valence-electron chi connectivity index (χ0n) is 11.9. The molecule has 1 atom stereocenters. The molecule has 1 fully saturated rings. The van der Waals surface area contributed by atoms with Crippen LogP contribution in [0.25, 0.3) is 0 Å². The molecule has 5 nitrogen and oxygen atoms in total. The van der Waals surface area contributed by atoms with Gasteiger partial charge in [-0.3, -0.25) is 0 Å². The van der Waals surface area contributed by atoms with E-state index in [-0.39, 0.29) is 5.92 Å². The fraction of sp³-hybridized carbons (Fsp3) is 0.500. The molecule has 2 aliphatic rings. The van der Waals surface area contributed by atoms with E-state index in [1.807, 2.05) is 0 Å². The zero-order valence-corrected chi connectivity index (χ0v) is 11.9. The maximum absolute atomic E-state index is 5.85. The first-order valence-electron chi connectivity index (χ1n) is 7.63. The molecule has 4 rings (SSSR count). The van der Waals surface area contributed by atoms with E-state index in [0.717, 1.165) is 38.2 Å². The topological polar surface area (TPSA) is 60.2 Å². The summed E-state index contributed by atoms with van der Waals surface area (Å²) in [6.45, 7) is 2.48. The van der Waals surface area contributed by atoms with E-state index in [1.54, 1.807) is 0 Å². The Hall–Kier alpha value is -1.72. The summed E-state index contributed by atoms with van der Waals surface area (Å²) < 4.78 is 11.2. The number of nitrogens with one attached hydrogen (secondary N) is 1. The van der Waals surface area contributed by atoms with Crippen LogP contribution in [0, 0.1) is 0 Å². The standard InChI is InChI=1S/C16H19N3O2/c1-2-4-13-11(3-1)9-14(13)16-18-15(21-19-16)10-20-12-5-7-17-8-6-12/h1-4,12,14,17H,5-10H2. The van der Waals surface area contributed by atoms with Crippen LogP contribution in [-0.4, -0.2) is 29.3 Å². The lowest BCUT2D eigenvalue weighted by atomic mass is 9.77. The van der Waals surface area contributed by atoms with Crippen molar-refractivity contribution < 1.29 is 9.26 Å². The predicted molar refractivity (Wildman–Crippen MR) is 77.0 cm³/mol. The highest BCUT2D eigenvalue weighted by molar-refractivity contribution is 5.43. The number of ether oxygens (including phenoxy) is 1. The summed E-state index contributed by atoms with van der Waals surface area (Å²) in [6, 6.07) is 8.44. The minimum absolute atomic E-state index is 0.289. The molecule has 0 amide bonds. The Labute approximate surface area is 123 Å². The molecule has 0 radical (unpaired) electrons. The third-order valence-corrected chi connectivity index (χ3v) is 4.38. The molecule has 1 saturated heterocycles. The van der Waals surface area contributed by atoms with Gasteiger partial charge in [0.1, 0.15) is 6.61 Å². The molecule has 0 spiro atoms. The summed E-state index contributed by atoms with van der Waals surface area (Å²) in [5, 5.41) is 7.45. The third-order valence-electron chi connectivity index (χ3n) is 4.38. The largest absolute Gasteiger partial charge is 0.368 e. The Bertz CT molecular complexity index is 619. The molecule has 1 aliphatic heterocycles. The Balaban J connectivity index is 1.38. The number of rotatable bonds is 4. The monoisotopic (exact) mass is 285 g/mol. The Morgan fingerprint density at radius 3 is 2.95 bits per heavy atom. The van der Waals surface area contributed by atoms with Crippen molar-refractivity contribution in [2.24, 2.45) is 0 Å². The molecule has 2 heterocycles. The van der Waals surface area contributed by atoms with E-state index in [4.69, 9.17) is 9.26 Å². The SMILES string of the molecule is c1ccc2c(c1)CC2c1noc(COC2CCNCC2)n1. The van der Waals surface area contributed by atoms with Gasteiger partial charge < -0.3 is 14.6 Å². The van der Waals surface area contributed by atoms with Crippen LogP contribution in [0.5, 0.6) is 0 Å². The molecule has 1 aromatic heterocycles. The van der Waals surface area contributed by atoms with Crippen LogP contribution in [0.15, 0.2) is 28.8 Å². The van der Waals surface area contributed by atoms with Crippen molar-refractivity contribution in [1.29, 1.82) is 0 Å². The van der Waals surface area contributed by atoms with Gasteiger partial charge in [-0.15, -0.1) is 0 Å². The fourth-order valence-electron chi connectivity index (χ4n) is 3.11. The Morgan fingerprint density at radius 1 is 1.24 bits per heavy atom. The average Bonchev–Trinajstić information content (AvgIpc) is 2.96. The third kappa shape index (κ3) is 2.59. The number of aromatic nitrogens is 2. The molecular formula is C16H19N3O2.